The number of hydrogen-bond acceptors (Lipinski definition) is 9. The lowest BCUT2D eigenvalue weighted by atomic mass is 9.57. The maximum Gasteiger partial charge on any atom is 0.329 e. The highest BCUT2D eigenvalue weighted by atomic mass is 16.4. The van der Waals surface area contributed by atoms with Gasteiger partial charge in [0.2, 0.25) is 5.95 Å². The standard InChI is InChI=1S/C24H33N7O6/c1-22(2,19(34)35)23(3,4)24(5,20(36)37)31-17(32)12-6-8-13(9-7-12)26-10-14-11-27-16-15(28-14)18(33)30-21(25)29-16/h6-9,14,26,28H,10-11H2,1-5H3,(H,31,32)(H,34,35)(H,36,37)(H4,25,27,29,30,33)/t14?,24-/m1/s1. The number of benzene rings is 1. The highest BCUT2D eigenvalue weighted by Gasteiger charge is 2.59. The summed E-state index contributed by atoms with van der Waals surface area (Å²) in [5, 5.41) is 31.6. The number of amides is 1. The second-order valence-electron chi connectivity index (χ2n) is 10.3. The minimum Gasteiger partial charge on any atom is -0.481 e. The Morgan fingerprint density at radius 3 is 2.27 bits per heavy atom. The molecule has 9 N–H and O–H groups in total. The van der Waals surface area contributed by atoms with Gasteiger partial charge in [0, 0.05) is 29.8 Å². The van der Waals surface area contributed by atoms with Crippen molar-refractivity contribution in [2.24, 2.45) is 10.8 Å². The summed E-state index contributed by atoms with van der Waals surface area (Å²) in [6, 6.07) is 6.26. The first-order chi connectivity index (χ1) is 17.1. The molecule has 0 aliphatic carbocycles. The number of aromatic nitrogens is 2. The highest BCUT2D eigenvalue weighted by Crippen LogP contribution is 2.47. The summed E-state index contributed by atoms with van der Waals surface area (Å²) in [7, 11) is 0. The normalized spacial score (nSPS) is 16.8. The topological polar surface area (TPSA) is 212 Å². The number of fused-ring (bicyclic) bond motifs is 1. The summed E-state index contributed by atoms with van der Waals surface area (Å²) in [6.45, 7) is 8.12. The van der Waals surface area contributed by atoms with Crippen LogP contribution in [0.3, 0.4) is 0 Å². The quantitative estimate of drug-likeness (QED) is 0.239. The number of aliphatic carboxylic acids is 2. The van der Waals surface area contributed by atoms with E-state index in [2.05, 4.69) is 31.2 Å². The first-order valence-electron chi connectivity index (χ1n) is 11.6. The largest absolute Gasteiger partial charge is 0.481 e. The summed E-state index contributed by atoms with van der Waals surface area (Å²) in [5.74, 6) is -2.75. The number of carboxylic acid groups (broad SMARTS) is 2. The molecule has 1 aromatic carbocycles. The predicted octanol–water partition coefficient (Wildman–Crippen LogP) is 1.38. The molecule has 0 saturated carbocycles. The van der Waals surface area contributed by atoms with Gasteiger partial charge in [-0.1, -0.05) is 13.8 Å². The third-order valence-corrected chi connectivity index (χ3v) is 7.64. The van der Waals surface area contributed by atoms with Crippen LogP contribution in [0.5, 0.6) is 0 Å². The monoisotopic (exact) mass is 515 g/mol. The maximum absolute atomic E-state index is 13.0. The van der Waals surface area contributed by atoms with Gasteiger partial charge in [-0.3, -0.25) is 19.4 Å². The van der Waals surface area contributed by atoms with E-state index in [0.717, 1.165) is 0 Å². The molecule has 13 heteroatoms. The third-order valence-electron chi connectivity index (χ3n) is 7.64. The number of nitrogens with one attached hydrogen (secondary N) is 5. The van der Waals surface area contributed by atoms with Crippen molar-refractivity contribution < 1.29 is 24.6 Å². The summed E-state index contributed by atoms with van der Waals surface area (Å²) in [5.41, 5.74) is 1.69. The highest BCUT2D eigenvalue weighted by molar-refractivity contribution is 5.98. The van der Waals surface area contributed by atoms with Crippen molar-refractivity contribution in [2.45, 2.75) is 46.2 Å². The molecule has 200 valence electrons. The Bertz CT molecular complexity index is 1270. The molecule has 0 spiro atoms. The Labute approximate surface area is 213 Å². The van der Waals surface area contributed by atoms with E-state index in [1.54, 1.807) is 12.1 Å². The van der Waals surface area contributed by atoms with Gasteiger partial charge in [0.05, 0.1) is 11.5 Å². The lowest BCUT2D eigenvalue weighted by Crippen LogP contribution is -2.66. The van der Waals surface area contributed by atoms with Gasteiger partial charge in [-0.25, -0.2) is 4.79 Å². The Balaban J connectivity index is 1.68. The van der Waals surface area contributed by atoms with Gasteiger partial charge in [-0.2, -0.15) is 4.98 Å². The Morgan fingerprint density at radius 1 is 1.08 bits per heavy atom. The fourth-order valence-electron chi connectivity index (χ4n) is 4.00. The molecule has 2 heterocycles. The molecule has 3 rings (SSSR count). The molecule has 13 nitrogen and oxygen atoms in total. The first-order valence-corrected chi connectivity index (χ1v) is 11.6. The molecule has 0 radical (unpaired) electrons. The van der Waals surface area contributed by atoms with Crippen LogP contribution in [-0.2, 0) is 9.59 Å². The van der Waals surface area contributed by atoms with Crippen LogP contribution >= 0.6 is 0 Å². The molecule has 0 fully saturated rings. The number of nitrogens with zero attached hydrogens (tertiary/aromatic N) is 1. The van der Waals surface area contributed by atoms with Crippen molar-refractivity contribution >= 4 is 41.0 Å². The first kappa shape index (κ1) is 27.3. The average Bonchev–Trinajstić information content (AvgIpc) is 2.82. The fourth-order valence-corrected chi connectivity index (χ4v) is 4.00. The van der Waals surface area contributed by atoms with Gasteiger partial charge >= 0.3 is 11.9 Å². The van der Waals surface area contributed by atoms with Gasteiger partial charge in [0.1, 0.15) is 11.2 Å². The zero-order valence-electron chi connectivity index (χ0n) is 21.4. The van der Waals surface area contributed by atoms with E-state index >= 15 is 0 Å². The van der Waals surface area contributed by atoms with E-state index in [1.807, 2.05) is 0 Å². The zero-order valence-corrected chi connectivity index (χ0v) is 21.4. The van der Waals surface area contributed by atoms with Crippen LogP contribution in [0.2, 0.25) is 0 Å². The van der Waals surface area contributed by atoms with Gasteiger partial charge < -0.3 is 37.2 Å². The number of anilines is 4. The number of carbonyl (C=O) groups is 3. The summed E-state index contributed by atoms with van der Waals surface area (Å²) >= 11 is 0. The molecule has 1 aliphatic heterocycles. The number of nitrogens with two attached hydrogens (primary N) is 1. The minimum absolute atomic E-state index is 0.0246. The predicted molar refractivity (Wildman–Crippen MR) is 139 cm³/mol. The van der Waals surface area contributed by atoms with Gasteiger partial charge in [0.25, 0.3) is 11.5 Å². The summed E-state index contributed by atoms with van der Waals surface area (Å²) in [6.07, 6.45) is 0. The van der Waals surface area contributed by atoms with Crippen molar-refractivity contribution in [3.63, 3.8) is 0 Å². The molecule has 2 aromatic rings. The van der Waals surface area contributed by atoms with E-state index in [1.165, 1.54) is 46.8 Å². The second-order valence-corrected chi connectivity index (χ2v) is 10.3. The van der Waals surface area contributed by atoms with Crippen molar-refractivity contribution in [3.8, 4) is 0 Å². The fraction of sp³-hybridized carbons (Fsp3) is 0.458. The van der Waals surface area contributed by atoms with Gasteiger partial charge in [0.15, 0.2) is 5.82 Å². The van der Waals surface area contributed by atoms with E-state index in [4.69, 9.17) is 5.73 Å². The van der Waals surface area contributed by atoms with E-state index in [-0.39, 0.29) is 23.1 Å². The van der Waals surface area contributed by atoms with Crippen LogP contribution in [0, 0.1) is 10.8 Å². The molecule has 1 aromatic heterocycles. The lowest BCUT2D eigenvalue weighted by molar-refractivity contribution is -0.165. The van der Waals surface area contributed by atoms with Crippen LogP contribution in [-0.4, -0.2) is 62.7 Å². The number of H-pyrrole nitrogens is 1. The molecule has 0 saturated heterocycles. The van der Waals surface area contributed by atoms with Crippen LogP contribution in [0.25, 0.3) is 0 Å². The number of nitrogen functional groups attached to an aromatic ring is 1. The Hall–Kier alpha value is -4.29. The third kappa shape index (κ3) is 5.01. The number of hydrogen-bond donors (Lipinski definition) is 8. The number of rotatable bonds is 9. The second kappa shape index (κ2) is 9.64. The van der Waals surface area contributed by atoms with Crippen LogP contribution in [0.4, 0.5) is 23.1 Å². The van der Waals surface area contributed by atoms with E-state index in [9.17, 15) is 29.4 Å². The van der Waals surface area contributed by atoms with Crippen LogP contribution in [0.1, 0.15) is 45.0 Å². The van der Waals surface area contributed by atoms with Crippen molar-refractivity contribution in [1.29, 1.82) is 0 Å². The van der Waals surface area contributed by atoms with Crippen molar-refractivity contribution in [2.75, 3.05) is 34.8 Å². The molecular formula is C24H33N7O6. The Morgan fingerprint density at radius 2 is 1.70 bits per heavy atom. The molecule has 1 amide bonds. The smallest absolute Gasteiger partial charge is 0.329 e. The average molecular weight is 516 g/mol. The lowest BCUT2D eigenvalue weighted by Gasteiger charge is -2.49. The van der Waals surface area contributed by atoms with Crippen LogP contribution in [0.15, 0.2) is 29.1 Å². The molecule has 0 bridgehead atoms. The molecule has 37 heavy (non-hydrogen) atoms. The van der Waals surface area contributed by atoms with Crippen LogP contribution < -0.4 is 32.6 Å². The van der Waals surface area contributed by atoms with Crippen molar-refractivity contribution in [3.05, 3.63) is 40.2 Å². The van der Waals surface area contributed by atoms with Gasteiger partial charge in [-0.05, 0) is 45.0 Å². The van der Waals surface area contributed by atoms with E-state index < -0.39 is 34.2 Å². The Kier molecular flexibility index (Phi) is 7.11. The molecular weight excluding hydrogens is 482 g/mol. The zero-order chi connectivity index (χ0) is 27.8. The van der Waals surface area contributed by atoms with E-state index in [0.29, 0.717) is 30.3 Å². The summed E-state index contributed by atoms with van der Waals surface area (Å²) in [4.78, 5) is 55.7. The molecule has 1 unspecified atom stereocenters. The number of aromatic amines is 1. The number of carboxylic acids is 2. The van der Waals surface area contributed by atoms with Crippen molar-refractivity contribution in [1.82, 2.24) is 15.3 Å². The maximum atomic E-state index is 13.0. The number of carbonyl (C=O) groups excluding carboxylic acids is 1. The van der Waals surface area contributed by atoms with Gasteiger partial charge in [-0.15, -0.1) is 0 Å². The summed E-state index contributed by atoms with van der Waals surface area (Å²) < 4.78 is 0. The minimum atomic E-state index is -1.88. The SMILES string of the molecule is CC(C)(C(=O)O)C(C)(C)[C@](C)(NC(=O)c1ccc(NCC2CNc3nc(N)[nH]c(=O)c3N2)cc1)C(=O)O. The molecule has 1 aliphatic rings. The molecule has 2 atom stereocenters.